The van der Waals surface area contributed by atoms with E-state index in [1.165, 1.54) is 12.8 Å². The van der Waals surface area contributed by atoms with Crippen LogP contribution in [0.4, 0.5) is 0 Å². The van der Waals surface area contributed by atoms with Gasteiger partial charge in [0, 0.05) is 12.6 Å². The van der Waals surface area contributed by atoms with Gasteiger partial charge in [-0.3, -0.25) is 0 Å². The highest BCUT2D eigenvalue weighted by Gasteiger charge is 2.01. The fourth-order valence-electron chi connectivity index (χ4n) is 1.52. The van der Waals surface area contributed by atoms with Crippen molar-refractivity contribution in [3.63, 3.8) is 0 Å². The second kappa shape index (κ2) is 7.29. The maximum absolute atomic E-state index is 5.20. The Labute approximate surface area is 98.7 Å². The van der Waals surface area contributed by atoms with E-state index in [2.05, 4.69) is 32.2 Å². The molecule has 0 bridgehead atoms. The molecule has 0 spiro atoms. The predicted octanol–water partition coefficient (Wildman–Crippen LogP) is 3.71. The molecule has 16 heavy (non-hydrogen) atoms. The lowest BCUT2D eigenvalue weighted by molar-refractivity contribution is 0.465. The lowest BCUT2D eigenvalue weighted by Crippen LogP contribution is -2.26. The maximum atomic E-state index is 5.20. The molecular formula is C14H23NO. The molecule has 0 fully saturated rings. The topological polar surface area (TPSA) is 25.2 Å². The van der Waals surface area contributed by atoms with Gasteiger partial charge in [0.1, 0.15) is 5.76 Å². The molecule has 0 aliphatic rings. The summed E-state index contributed by atoms with van der Waals surface area (Å²) in [6.45, 7) is 7.68. The Balaban J connectivity index is 2.10. The lowest BCUT2D eigenvalue weighted by atomic mass is 10.0. The standard InChI is InChI=1S/C14H23NO/c1-12(2)8-9-13(3)15-10-4-6-14-7-5-11-16-14/h4-7,11-13,15H,8-10H2,1-3H3/b6-4+. The number of hydrogen-bond donors (Lipinski definition) is 1. The van der Waals surface area contributed by atoms with E-state index >= 15 is 0 Å². The molecule has 1 heterocycles. The van der Waals surface area contributed by atoms with E-state index in [0.29, 0.717) is 6.04 Å². The molecule has 1 unspecified atom stereocenters. The summed E-state index contributed by atoms with van der Waals surface area (Å²) >= 11 is 0. The van der Waals surface area contributed by atoms with Gasteiger partial charge in [-0.15, -0.1) is 0 Å². The molecule has 1 rings (SSSR count). The van der Waals surface area contributed by atoms with Gasteiger partial charge in [-0.25, -0.2) is 0 Å². The van der Waals surface area contributed by atoms with Gasteiger partial charge in [-0.05, 0) is 43.9 Å². The van der Waals surface area contributed by atoms with Crippen molar-refractivity contribution in [3.8, 4) is 0 Å². The largest absolute Gasteiger partial charge is 0.465 e. The number of rotatable bonds is 7. The molecule has 0 aliphatic carbocycles. The van der Waals surface area contributed by atoms with Gasteiger partial charge >= 0.3 is 0 Å². The summed E-state index contributed by atoms with van der Waals surface area (Å²) in [6, 6.07) is 4.44. The monoisotopic (exact) mass is 221 g/mol. The van der Waals surface area contributed by atoms with Crippen LogP contribution in [-0.4, -0.2) is 12.6 Å². The third-order valence-corrected chi connectivity index (χ3v) is 2.59. The van der Waals surface area contributed by atoms with Gasteiger partial charge < -0.3 is 9.73 Å². The molecular weight excluding hydrogens is 198 g/mol. The highest BCUT2D eigenvalue weighted by atomic mass is 16.3. The van der Waals surface area contributed by atoms with Gasteiger partial charge in [0.15, 0.2) is 0 Å². The fraction of sp³-hybridized carbons (Fsp3) is 0.571. The first-order valence-corrected chi connectivity index (χ1v) is 6.12. The molecule has 1 N–H and O–H groups in total. The lowest BCUT2D eigenvalue weighted by Gasteiger charge is -2.13. The normalized spacial score (nSPS) is 13.8. The Hall–Kier alpha value is -1.02. The minimum atomic E-state index is 0.587. The molecule has 90 valence electrons. The van der Waals surface area contributed by atoms with E-state index in [-0.39, 0.29) is 0 Å². The molecule has 0 saturated carbocycles. The summed E-state index contributed by atoms with van der Waals surface area (Å²) in [5, 5.41) is 3.47. The van der Waals surface area contributed by atoms with Gasteiger partial charge in [0.05, 0.1) is 6.26 Å². The first-order valence-electron chi connectivity index (χ1n) is 6.12. The van der Waals surface area contributed by atoms with Crippen molar-refractivity contribution in [2.75, 3.05) is 6.54 Å². The van der Waals surface area contributed by atoms with Crippen molar-refractivity contribution >= 4 is 6.08 Å². The summed E-state index contributed by atoms with van der Waals surface area (Å²) < 4.78 is 5.20. The molecule has 2 nitrogen and oxygen atoms in total. The van der Waals surface area contributed by atoms with Gasteiger partial charge in [-0.2, -0.15) is 0 Å². The quantitative estimate of drug-likeness (QED) is 0.759. The van der Waals surface area contributed by atoms with Crippen LogP contribution in [0.3, 0.4) is 0 Å². The van der Waals surface area contributed by atoms with Crippen molar-refractivity contribution in [1.82, 2.24) is 5.32 Å². The van der Waals surface area contributed by atoms with E-state index in [0.717, 1.165) is 18.2 Å². The zero-order chi connectivity index (χ0) is 11.8. The molecule has 2 heteroatoms. The second-order valence-electron chi connectivity index (χ2n) is 4.70. The Morgan fingerprint density at radius 2 is 2.12 bits per heavy atom. The summed E-state index contributed by atoms with van der Waals surface area (Å²) in [5.74, 6) is 1.71. The second-order valence-corrected chi connectivity index (χ2v) is 4.70. The summed E-state index contributed by atoms with van der Waals surface area (Å²) in [5.41, 5.74) is 0. The van der Waals surface area contributed by atoms with E-state index in [1.54, 1.807) is 6.26 Å². The Morgan fingerprint density at radius 1 is 1.31 bits per heavy atom. The Bertz CT molecular complexity index is 288. The zero-order valence-electron chi connectivity index (χ0n) is 10.6. The third-order valence-electron chi connectivity index (χ3n) is 2.59. The third kappa shape index (κ3) is 5.76. The van der Waals surface area contributed by atoms with E-state index in [9.17, 15) is 0 Å². The average Bonchev–Trinajstić information content (AvgIpc) is 2.74. The average molecular weight is 221 g/mol. The molecule has 0 amide bonds. The van der Waals surface area contributed by atoms with E-state index in [4.69, 9.17) is 4.42 Å². The van der Waals surface area contributed by atoms with Crippen molar-refractivity contribution in [2.45, 2.75) is 39.7 Å². The highest BCUT2D eigenvalue weighted by molar-refractivity contribution is 5.42. The molecule has 0 saturated heterocycles. The van der Waals surface area contributed by atoms with E-state index < -0.39 is 0 Å². The Morgan fingerprint density at radius 3 is 2.75 bits per heavy atom. The summed E-state index contributed by atoms with van der Waals surface area (Å²) in [6.07, 6.45) is 8.33. The minimum Gasteiger partial charge on any atom is -0.465 e. The van der Waals surface area contributed by atoms with Crippen LogP contribution in [0.15, 0.2) is 28.9 Å². The van der Waals surface area contributed by atoms with Crippen molar-refractivity contribution in [1.29, 1.82) is 0 Å². The first kappa shape index (κ1) is 13.0. The first-order chi connectivity index (χ1) is 7.68. The SMILES string of the molecule is CC(C)CCC(C)NC/C=C/c1ccco1. The highest BCUT2D eigenvalue weighted by Crippen LogP contribution is 2.06. The van der Waals surface area contributed by atoms with Crippen LogP contribution in [0.2, 0.25) is 0 Å². The summed E-state index contributed by atoms with van der Waals surface area (Å²) in [7, 11) is 0. The summed E-state index contributed by atoms with van der Waals surface area (Å²) in [4.78, 5) is 0. The van der Waals surface area contributed by atoms with Crippen LogP contribution in [0, 0.1) is 5.92 Å². The number of nitrogens with one attached hydrogen (secondary N) is 1. The Kier molecular flexibility index (Phi) is 5.94. The van der Waals surface area contributed by atoms with Crippen LogP contribution in [-0.2, 0) is 0 Å². The number of hydrogen-bond acceptors (Lipinski definition) is 2. The van der Waals surface area contributed by atoms with Gasteiger partial charge in [0.25, 0.3) is 0 Å². The molecule has 0 radical (unpaired) electrons. The van der Waals surface area contributed by atoms with Crippen LogP contribution in [0.5, 0.6) is 0 Å². The van der Waals surface area contributed by atoms with E-state index in [1.807, 2.05) is 18.2 Å². The van der Waals surface area contributed by atoms with Crippen LogP contribution in [0.25, 0.3) is 6.08 Å². The van der Waals surface area contributed by atoms with Crippen LogP contribution >= 0.6 is 0 Å². The molecule has 1 aromatic rings. The smallest absolute Gasteiger partial charge is 0.126 e. The molecule has 0 aromatic carbocycles. The molecule has 1 aromatic heterocycles. The van der Waals surface area contributed by atoms with Crippen LogP contribution in [0.1, 0.15) is 39.4 Å². The van der Waals surface area contributed by atoms with Crippen molar-refractivity contribution in [2.24, 2.45) is 5.92 Å². The van der Waals surface area contributed by atoms with Crippen molar-refractivity contribution in [3.05, 3.63) is 30.2 Å². The van der Waals surface area contributed by atoms with Crippen molar-refractivity contribution < 1.29 is 4.42 Å². The predicted molar refractivity (Wildman–Crippen MR) is 69.3 cm³/mol. The zero-order valence-corrected chi connectivity index (χ0v) is 10.6. The van der Waals surface area contributed by atoms with Gasteiger partial charge in [-0.1, -0.05) is 19.9 Å². The molecule has 0 aliphatic heterocycles. The minimum absolute atomic E-state index is 0.587. The van der Waals surface area contributed by atoms with Gasteiger partial charge in [0.2, 0.25) is 0 Å². The molecule has 1 atom stereocenters. The maximum Gasteiger partial charge on any atom is 0.126 e. The van der Waals surface area contributed by atoms with Crippen LogP contribution < -0.4 is 5.32 Å². The number of furan rings is 1. The fourth-order valence-corrected chi connectivity index (χ4v) is 1.52.